The van der Waals surface area contributed by atoms with Crippen molar-refractivity contribution >= 4 is 34.8 Å². The molecule has 2 heterocycles. The number of fused-ring (bicyclic) bond motifs is 1. The molecular weight excluding hydrogens is 389 g/mol. The number of anilines is 1. The number of nitrogens with zero attached hydrogens (tertiary/aromatic N) is 4. The van der Waals surface area contributed by atoms with Gasteiger partial charge in [-0.2, -0.15) is 4.68 Å². The van der Waals surface area contributed by atoms with Crippen LogP contribution in [0.15, 0.2) is 42.5 Å². The molecular formula is C18H15Cl2N5O2. The smallest absolute Gasteiger partial charge is 0.248 e. The molecule has 0 spiro atoms. The lowest BCUT2D eigenvalue weighted by Crippen LogP contribution is -2.20. The molecule has 0 amide bonds. The van der Waals surface area contributed by atoms with Crippen molar-refractivity contribution < 1.29 is 9.47 Å². The molecule has 1 aromatic heterocycles. The summed E-state index contributed by atoms with van der Waals surface area (Å²) in [5.41, 5.74) is 2.48. The number of hydrogen-bond donors (Lipinski definition) is 1. The van der Waals surface area contributed by atoms with E-state index in [-0.39, 0.29) is 6.04 Å². The number of benzene rings is 2. The lowest BCUT2D eigenvalue weighted by atomic mass is 10.0. The number of ether oxygens (including phenoxy) is 2. The molecule has 27 heavy (non-hydrogen) atoms. The Balaban J connectivity index is 1.84. The van der Waals surface area contributed by atoms with Crippen LogP contribution in [-0.4, -0.2) is 34.4 Å². The van der Waals surface area contributed by atoms with E-state index in [1.165, 1.54) is 0 Å². The van der Waals surface area contributed by atoms with Gasteiger partial charge >= 0.3 is 0 Å². The molecule has 138 valence electrons. The fourth-order valence-corrected chi connectivity index (χ4v) is 3.52. The zero-order valence-corrected chi connectivity index (χ0v) is 16.0. The van der Waals surface area contributed by atoms with Crippen LogP contribution in [0.25, 0.3) is 5.70 Å². The van der Waals surface area contributed by atoms with Gasteiger partial charge in [-0.1, -0.05) is 34.4 Å². The number of rotatable bonds is 4. The average Bonchev–Trinajstić information content (AvgIpc) is 3.15. The molecule has 1 aliphatic heterocycles. The first-order valence-corrected chi connectivity index (χ1v) is 8.80. The number of nitrogens with one attached hydrogen (secondary N) is 1. The summed E-state index contributed by atoms with van der Waals surface area (Å²) in [5.74, 6) is 1.87. The number of hydrogen-bond acceptors (Lipinski definition) is 6. The maximum atomic E-state index is 6.43. The molecule has 1 N–H and O–H groups in total. The van der Waals surface area contributed by atoms with E-state index in [1.807, 2.05) is 30.3 Å². The van der Waals surface area contributed by atoms with Gasteiger partial charge in [0, 0.05) is 21.7 Å². The van der Waals surface area contributed by atoms with Gasteiger partial charge in [-0.15, -0.1) is 0 Å². The Kier molecular flexibility index (Phi) is 4.63. The van der Waals surface area contributed by atoms with E-state index in [2.05, 4.69) is 20.8 Å². The molecule has 4 rings (SSSR count). The normalized spacial score (nSPS) is 15.6. The molecule has 3 aromatic rings. The Labute approximate surface area is 165 Å². The molecule has 0 bridgehead atoms. The van der Waals surface area contributed by atoms with Crippen molar-refractivity contribution in [1.82, 2.24) is 20.2 Å². The zero-order chi connectivity index (χ0) is 19.0. The quantitative estimate of drug-likeness (QED) is 0.707. The van der Waals surface area contributed by atoms with Crippen LogP contribution in [0, 0.1) is 0 Å². The van der Waals surface area contributed by atoms with Crippen LogP contribution in [0.1, 0.15) is 17.2 Å². The van der Waals surface area contributed by atoms with E-state index in [1.54, 1.807) is 31.0 Å². The van der Waals surface area contributed by atoms with Crippen molar-refractivity contribution in [2.75, 3.05) is 19.5 Å². The first kappa shape index (κ1) is 17.6. The highest BCUT2D eigenvalue weighted by molar-refractivity contribution is 6.35. The largest absolute Gasteiger partial charge is 0.497 e. The monoisotopic (exact) mass is 403 g/mol. The van der Waals surface area contributed by atoms with Gasteiger partial charge in [0.25, 0.3) is 0 Å². The minimum atomic E-state index is -0.303. The maximum Gasteiger partial charge on any atom is 0.248 e. The van der Waals surface area contributed by atoms with Crippen LogP contribution in [0.4, 0.5) is 5.95 Å². The molecule has 0 radical (unpaired) electrons. The van der Waals surface area contributed by atoms with Gasteiger partial charge in [-0.25, -0.2) is 0 Å². The van der Waals surface area contributed by atoms with Gasteiger partial charge in [0.1, 0.15) is 17.5 Å². The first-order chi connectivity index (χ1) is 13.1. The van der Waals surface area contributed by atoms with Crippen molar-refractivity contribution in [3.63, 3.8) is 0 Å². The lowest BCUT2D eigenvalue weighted by molar-refractivity contribution is 0.393. The highest BCUT2D eigenvalue weighted by Gasteiger charge is 2.27. The van der Waals surface area contributed by atoms with Crippen LogP contribution in [-0.2, 0) is 0 Å². The molecule has 0 aliphatic carbocycles. The topological polar surface area (TPSA) is 74.1 Å². The number of tetrazole rings is 1. The number of aromatic nitrogens is 4. The van der Waals surface area contributed by atoms with Crippen LogP contribution in [0.3, 0.4) is 0 Å². The summed E-state index contributed by atoms with van der Waals surface area (Å²) in [6.07, 6.45) is 1.99. The third-order valence-electron chi connectivity index (χ3n) is 4.31. The standard InChI is InChI=1S/C18H15Cl2N5O2/c1-26-11-4-6-13(17(8-11)27-2)15-9-16(25-18(21-15)22-23-24-25)12-5-3-10(19)7-14(12)20/h3-9,16H,1-2H3,(H,21,22,24). The Morgan fingerprint density at radius 2 is 1.93 bits per heavy atom. The average molecular weight is 404 g/mol. The highest BCUT2D eigenvalue weighted by Crippen LogP contribution is 2.38. The third-order valence-corrected chi connectivity index (χ3v) is 4.87. The number of methoxy groups -OCH3 is 2. The van der Waals surface area contributed by atoms with E-state index in [0.717, 1.165) is 16.8 Å². The second-order valence-corrected chi connectivity index (χ2v) is 6.67. The third kappa shape index (κ3) is 3.20. The summed E-state index contributed by atoms with van der Waals surface area (Å²) < 4.78 is 12.5. The molecule has 1 unspecified atom stereocenters. The highest BCUT2D eigenvalue weighted by atomic mass is 35.5. The fourth-order valence-electron chi connectivity index (χ4n) is 2.99. The summed E-state index contributed by atoms with van der Waals surface area (Å²) in [4.78, 5) is 0. The summed E-state index contributed by atoms with van der Waals surface area (Å²) in [7, 11) is 3.22. The predicted molar refractivity (Wildman–Crippen MR) is 104 cm³/mol. The van der Waals surface area contributed by atoms with E-state index >= 15 is 0 Å². The zero-order valence-electron chi connectivity index (χ0n) is 14.5. The van der Waals surface area contributed by atoms with Crippen LogP contribution in [0.2, 0.25) is 10.0 Å². The van der Waals surface area contributed by atoms with Crippen molar-refractivity contribution in [2.24, 2.45) is 0 Å². The summed E-state index contributed by atoms with van der Waals surface area (Å²) in [6, 6.07) is 10.6. The Morgan fingerprint density at radius 1 is 1.07 bits per heavy atom. The molecule has 0 fully saturated rings. The Hall–Kier alpha value is -2.77. The molecule has 7 nitrogen and oxygen atoms in total. The van der Waals surface area contributed by atoms with Gasteiger partial charge in [-0.3, -0.25) is 0 Å². The lowest BCUT2D eigenvalue weighted by Gasteiger charge is -2.25. The SMILES string of the molecule is COc1ccc(C2=CC(c3ccc(Cl)cc3Cl)n3nnnc3N2)c(OC)c1. The van der Waals surface area contributed by atoms with Gasteiger partial charge in [0.2, 0.25) is 5.95 Å². The van der Waals surface area contributed by atoms with Gasteiger partial charge in [0.15, 0.2) is 0 Å². The first-order valence-electron chi connectivity index (χ1n) is 8.04. The maximum absolute atomic E-state index is 6.43. The van der Waals surface area contributed by atoms with E-state index in [4.69, 9.17) is 32.7 Å². The molecule has 0 saturated heterocycles. The second-order valence-electron chi connectivity index (χ2n) is 5.83. The second kappa shape index (κ2) is 7.09. The van der Waals surface area contributed by atoms with Gasteiger partial charge < -0.3 is 14.8 Å². The van der Waals surface area contributed by atoms with Crippen LogP contribution in [0.5, 0.6) is 11.5 Å². The van der Waals surface area contributed by atoms with Crippen molar-refractivity contribution in [2.45, 2.75) is 6.04 Å². The molecule has 1 aliphatic rings. The molecule has 1 atom stereocenters. The molecule has 0 saturated carbocycles. The summed E-state index contributed by atoms with van der Waals surface area (Å²) >= 11 is 12.5. The van der Waals surface area contributed by atoms with Crippen LogP contribution >= 0.6 is 23.2 Å². The van der Waals surface area contributed by atoms with Gasteiger partial charge in [-0.05, 0) is 46.3 Å². The molecule has 2 aromatic carbocycles. The van der Waals surface area contributed by atoms with E-state index < -0.39 is 0 Å². The predicted octanol–water partition coefficient (Wildman–Crippen LogP) is 4.05. The summed E-state index contributed by atoms with van der Waals surface area (Å²) in [6.45, 7) is 0. The van der Waals surface area contributed by atoms with Crippen molar-refractivity contribution in [3.8, 4) is 11.5 Å². The van der Waals surface area contributed by atoms with Gasteiger partial charge in [0.05, 0.1) is 19.9 Å². The minimum Gasteiger partial charge on any atom is -0.497 e. The Bertz CT molecular complexity index is 1030. The van der Waals surface area contributed by atoms with E-state index in [9.17, 15) is 0 Å². The number of halogens is 2. The fraction of sp³-hybridized carbons (Fsp3) is 0.167. The van der Waals surface area contributed by atoms with Crippen LogP contribution < -0.4 is 14.8 Å². The minimum absolute atomic E-state index is 0.303. The summed E-state index contributed by atoms with van der Waals surface area (Å²) in [5, 5.41) is 16.2. The van der Waals surface area contributed by atoms with Crippen molar-refractivity contribution in [1.29, 1.82) is 0 Å². The van der Waals surface area contributed by atoms with Crippen molar-refractivity contribution in [3.05, 3.63) is 63.6 Å². The Morgan fingerprint density at radius 3 is 2.67 bits per heavy atom. The number of allylic oxidation sites excluding steroid dienone is 1. The molecule has 9 heteroatoms. The van der Waals surface area contributed by atoms with E-state index in [0.29, 0.717) is 27.5 Å².